The number of hydrogen-bond acceptors (Lipinski definition) is 4. The van der Waals surface area contributed by atoms with Crippen molar-refractivity contribution in [1.29, 1.82) is 0 Å². The molecule has 1 aliphatic carbocycles. The fourth-order valence-corrected chi connectivity index (χ4v) is 4.71. The number of sulfonamides is 1. The Labute approximate surface area is 146 Å². The summed E-state index contributed by atoms with van der Waals surface area (Å²) in [6, 6.07) is 8.40. The molecule has 8 heteroatoms. The standard InChI is InChI=1S/C17H21FN4O2S/c18-14-3-1-13(2-4-14)10-21-11-15-7-8-19-22(15)16(12-21)9-20-25(23,24)17-5-6-17/h1-4,7-8,16-17,20H,5-6,9-12H2. The molecule has 134 valence electrons. The second-order valence-corrected chi connectivity index (χ2v) is 8.86. The highest BCUT2D eigenvalue weighted by molar-refractivity contribution is 7.90. The van der Waals surface area contributed by atoms with Crippen LogP contribution >= 0.6 is 0 Å². The predicted octanol–water partition coefficient (Wildman–Crippen LogP) is 1.66. The van der Waals surface area contributed by atoms with Crippen LogP contribution in [0.3, 0.4) is 0 Å². The average Bonchev–Trinajstić information content (AvgIpc) is 3.35. The molecule has 1 unspecified atom stereocenters. The zero-order valence-corrected chi connectivity index (χ0v) is 14.6. The first-order valence-electron chi connectivity index (χ1n) is 8.49. The van der Waals surface area contributed by atoms with Crippen molar-refractivity contribution in [3.8, 4) is 0 Å². The number of fused-ring (bicyclic) bond motifs is 1. The van der Waals surface area contributed by atoms with Gasteiger partial charge >= 0.3 is 0 Å². The second-order valence-electron chi connectivity index (χ2n) is 6.81. The molecule has 1 fully saturated rings. The van der Waals surface area contributed by atoms with Crippen LogP contribution in [0.1, 0.15) is 30.1 Å². The summed E-state index contributed by atoms with van der Waals surface area (Å²) in [7, 11) is -3.20. The molecule has 4 rings (SSSR count). The smallest absolute Gasteiger partial charge is 0.214 e. The molecule has 0 bridgehead atoms. The molecule has 0 radical (unpaired) electrons. The van der Waals surface area contributed by atoms with Gasteiger partial charge in [0, 0.05) is 32.4 Å². The highest BCUT2D eigenvalue weighted by Gasteiger charge is 2.36. The number of nitrogens with one attached hydrogen (secondary N) is 1. The number of rotatable bonds is 6. The Balaban J connectivity index is 1.46. The lowest BCUT2D eigenvalue weighted by Crippen LogP contribution is -2.43. The van der Waals surface area contributed by atoms with E-state index in [2.05, 4.69) is 14.7 Å². The van der Waals surface area contributed by atoms with Gasteiger partial charge in [0.2, 0.25) is 10.0 Å². The Hall–Kier alpha value is -1.77. The van der Waals surface area contributed by atoms with Gasteiger partial charge in [-0.1, -0.05) is 12.1 Å². The van der Waals surface area contributed by atoms with Crippen LogP contribution in [0.15, 0.2) is 36.5 Å². The van der Waals surface area contributed by atoms with Gasteiger partial charge in [0.25, 0.3) is 0 Å². The zero-order chi connectivity index (χ0) is 17.4. The molecule has 0 saturated heterocycles. The summed E-state index contributed by atoms with van der Waals surface area (Å²) in [5.74, 6) is -0.243. The molecule has 0 amide bonds. The van der Waals surface area contributed by atoms with E-state index in [0.29, 0.717) is 19.6 Å². The maximum Gasteiger partial charge on any atom is 0.214 e. The molecular weight excluding hydrogens is 343 g/mol. The van der Waals surface area contributed by atoms with E-state index >= 15 is 0 Å². The van der Waals surface area contributed by atoms with Gasteiger partial charge in [0.05, 0.1) is 17.0 Å². The van der Waals surface area contributed by atoms with Gasteiger partial charge in [0.15, 0.2) is 0 Å². The lowest BCUT2D eigenvalue weighted by Gasteiger charge is -2.34. The normalized spacial score (nSPS) is 21.2. The van der Waals surface area contributed by atoms with Crippen molar-refractivity contribution in [3.05, 3.63) is 53.6 Å². The fourth-order valence-electron chi connectivity index (χ4n) is 3.29. The molecule has 1 N–H and O–H groups in total. The van der Waals surface area contributed by atoms with Crippen molar-refractivity contribution < 1.29 is 12.8 Å². The Kier molecular flexibility index (Phi) is 4.35. The minimum Gasteiger partial charge on any atom is -0.291 e. The van der Waals surface area contributed by atoms with E-state index in [1.807, 2.05) is 10.7 Å². The second kappa shape index (κ2) is 6.51. The van der Waals surface area contributed by atoms with Crippen LogP contribution in [-0.2, 0) is 23.1 Å². The summed E-state index contributed by atoms with van der Waals surface area (Å²) in [5.41, 5.74) is 2.09. The summed E-state index contributed by atoms with van der Waals surface area (Å²) < 4.78 is 41.9. The van der Waals surface area contributed by atoms with Gasteiger partial charge in [-0.15, -0.1) is 0 Å². The molecule has 1 aliphatic heterocycles. The van der Waals surface area contributed by atoms with E-state index in [9.17, 15) is 12.8 Å². The van der Waals surface area contributed by atoms with Crippen LogP contribution < -0.4 is 4.72 Å². The third-order valence-corrected chi connectivity index (χ3v) is 6.67. The Morgan fingerprint density at radius 2 is 1.96 bits per heavy atom. The van der Waals surface area contributed by atoms with E-state index in [-0.39, 0.29) is 17.1 Å². The van der Waals surface area contributed by atoms with E-state index in [1.165, 1.54) is 12.1 Å². The number of halogens is 1. The van der Waals surface area contributed by atoms with Crippen LogP contribution in [0.5, 0.6) is 0 Å². The highest BCUT2D eigenvalue weighted by Crippen LogP contribution is 2.28. The third-order valence-electron chi connectivity index (χ3n) is 4.76. The molecule has 2 heterocycles. The van der Waals surface area contributed by atoms with Crippen molar-refractivity contribution >= 4 is 10.0 Å². The van der Waals surface area contributed by atoms with Gasteiger partial charge in [-0.25, -0.2) is 17.5 Å². The summed E-state index contributed by atoms with van der Waals surface area (Å²) in [5, 5.41) is 4.14. The third kappa shape index (κ3) is 3.75. The lowest BCUT2D eigenvalue weighted by atomic mass is 10.1. The summed E-state index contributed by atoms with van der Waals surface area (Å²) in [6.45, 7) is 2.47. The topological polar surface area (TPSA) is 67.2 Å². The minimum atomic E-state index is -3.20. The number of hydrogen-bond donors (Lipinski definition) is 1. The van der Waals surface area contributed by atoms with E-state index < -0.39 is 10.0 Å². The largest absolute Gasteiger partial charge is 0.291 e. The maximum atomic E-state index is 13.1. The highest BCUT2D eigenvalue weighted by atomic mass is 32.2. The van der Waals surface area contributed by atoms with Crippen LogP contribution in [0.2, 0.25) is 0 Å². The zero-order valence-electron chi connectivity index (χ0n) is 13.8. The van der Waals surface area contributed by atoms with E-state index in [4.69, 9.17) is 0 Å². The fraction of sp³-hybridized carbons (Fsp3) is 0.471. The molecule has 1 atom stereocenters. The predicted molar refractivity (Wildman–Crippen MR) is 91.7 cm³/mol. The van der Waals surface area contributed by atoms with Gasteiger partial charge in [0.1, 0.15) is 5.82 Å². The van der Waals surface area contributed by atoms with Gasteiger partial charge in [-0.3, -0.25) is 9.58 Å². The number of benzene rings is 1. The first-order chi connectivity index (χ1) is 12.0. The molecule has 6 nitrogen and oxygen atoms in total. The van der Waals surface area contributed by atoms with Crippen LogP contribution in [0.25, 0.3) is 0 Å². The maximum absolute atomic E-state index is 13.1. The molecular formula is C17H21FN4O2S. The Morgan fingerprint density at radius 1 is 1.20 bits per heavy atom. The van der Waals surface area contributed by atoms with Crippen molar-refractivity contribution in [2.45, 2.75) is 37.2 Å². The van der Waals surface area contributed by atoms with Crippen molar-refractivity contribution in [2.75, 3.05) is 13.1 Å². The number of nitrogens with zero attached hydrogens (tertiary/aromatic N) is 3. The quantitative estimate of drug-likeness (QED) is 0.847. The van der Waals surface area contributed by atoms with Gasteiger partial charge in [-0.05, 0) is 36.6 Å². The molecule has 25 heavy (non-hydrogen) atoms. The van der Waals surface area contributed by atoms with Crippen LogP contribution in [-0.4, -0.2) is 41.4 Å². The first-order valence-corrected chi connectivity index (χ1v) is 10.0. The van der Waals surface area contributed by atoms with Gasteiger partial charge in [-0.2, -0.15) is 5.10 Å². The number of aromatic nitrogens is 2. The molecule has 2 aliphatic rings. The summed E-state index contributed by atoms with van der Waals surface area (Å²) >= 11 is 0. The first kappa shape index (κ1) is 16.7. The Morgan fingerprint density at radius 3 is 2.68 bits per heavy atom. The SMILES string of the molecule is O=S(=O)(NCC1CN(Cc2ccc(F)cc2)Cc2ccnn21)C1CC1. The van der Waals surface area contributed by atoms with E-state index in [1.54, 1.807) is 18.3 Å². The monoisotopic (exact) mass is 364 g/mol. The summed E-state index contributed by atoms with van der Waals surface area (Å²) in [4.78, 5) is 2.24. The minimum absolute atomic E-state index is 0.0484. The van der Waals surface area contributed by atoms with Crippen LogP contribution in [0.4, 0.5) is 4.39 Å². The summed E-state index contributed by atoms with van der Waals surface area (Å²) in [6.07, 6.45) is 3.26. The average molecular weight is 364 g/mol. The van der Waals surface area contributed by atoms with Crippen molar-refractivity contribution in [3.63, 3.8) is 0 Å². The van der Waals surface area contributed by atoms with Crippen LogP contribution in [0, 0.1) is 5.82 Å². The van der Waals surface area contributed by atoms with Crippen molar-refractivity contribution in [2.24, 2.45) is 0 Å². The Bertz CT molecular complexity index is 846. The lowest BCUT2D eigenvalue weighted by molar-refractivity contribution is 0.168. The molecule has 0 spiro atoms. The van der Waals surface area contributed by atoms with Crippen molar-refractivity contribution in [1.82, 2.24) is 19.4 Å². The molecule has 2 aromatic rings. The van der Waals surface area contributed by atoms with E-state index in [0.717, 1.165) is 30.6 Å². The molecule has 1 saturated carbocycles. The molecule has 1 aromatic heterocycles. The van der Waals surface area contributed by atoms with Gasteiger partial charge < -0.3 is 0 Å². The molecule has 1 aromatic carbocycles.